The van der Waals surface area contributed by atoms with Gasteiger partial charge in [-0.15, -0.1) is 0 Å². The van der Waals surface area contributed by atoms with Gasteiger partial charge < -0.3 is 4.57 Å². The molecule has 0 fully saturated rings. The predicted octanol–water partition coefficient (Wildman–Crippen LogP) is 2.92. The zero-order valence-corrected chi connectivity index (χ0v) is 10.0. The number of fused-ring (bicyclic) bond motifs is 1. The third kappa shape index (κ3) is 1.49. The highest BCUT2D eigenvalue weighted by atomic mass is 15.1. The number of nitriles is 1. The third-order valence-corrected chi connectivity index (χ3v) is 3.14. The van der Waals surface area contributed by atoms with Crippen LogP contribution in [0.3, 0.4) is 0 Å². The number of aromatic amines is 1. The van der Waals surface area contributed by atoms with Crippen molar-refractivity contribution < 1.29 is 0 Å². The van der Waals surface area contributed by atoms with Gasteiger partial charge in [0.2, 0.25) is 0 Å². The summed E-state index contributed by atoms with van der Waals surface area (Å²) in [5.41, 5.74) is 4.02. The molecule has 0 aliphatic rings. The van der Waals surface area contributed by atoms with Crippen LogP contribution < -0.4 is 0 Å². The molecule has 0 bridgehead atoms. The van der Waals surface area contributed by atoms with E-state index in [4.69, 9.17) is 5.26 Å². The molecule has 0 atom stereocenters. The molecule has 0 aliphatic heterocycles. The van der Waals surface area contributed by atoms with Gasteiger partial charge in [0.15, 0.2) is 0 Å². The number of nitrogens with one attached hydrogen (secondary N) is 1. The fourth-order valence-corrected chi connectivity index (χ4v) is 2.31. The van der Waals surface area contributed by atoms with Crippen molar-refractivity contribution in [1.82, 2.24) is 14.8 Å². The molecule has 2 heterocycles. The third-order valence-electron chi connectivity index (χ3n) is 3.14. The van der Waals surface area contributed by atoms with Crippen LogP contribution in [0.5, 0.6) is 0 Å². The molecular formula is C14H12N4. The van der Waals surface area contributed by atoms with E-state index < -0.39 is 0 Å². The molecule has 0 saturated carbocycles. The molecule has 1 aromatic carbocycles. The highest BCUT2D eigenvalue weighted by Gasteiger charge is 2.10. The van der Waals surface area contributed by atoms with Gasteiger partial charge in [-0.2, -0.15) is 10.4 Å². The SMILES string of the molecule is CCn1c(-c2cn[nH]c2)cc2cc(C#N)ccc21. The van der Waals surface area contributed by atoms with E-state index in [2.05, 4.69) is 33.8 Å². The molecule has 4 heteroatoms. The summed E-state index contributed by atoms with van der Waals surface area (Å²) in [6.07, 6.45) is 3.69. The summed E-state index contributed by atoms with van der Waals surface area (Å²) in [7, 11) is 0. The smallest absolute Gasteiger partial charge is 0.0991 e. The van der Waals surface area contributed by atoms with Crippen molar-refractivity contribution in [3.8, 4) is 17.3 Å². The first-order valence-corrected chi connectivity index (χ1v) is 5.86. The van der Waals surface area contributed by atoms with Gasteiger partial charge in [0.25, 0.3) is 0 Å². The number of aryl methyl sites for hydroxylation is 1. The van der Waals surface area contributed by atoms with Crippen LogP contribution in [-0.2, 0) is 6.54 Å². The second-order valence-corrected chi connectivity index (χ2v) is 4.15. The molecule has 3 rings (SSSR count). The van der Waals surface area contributed by atoms with Gasteiger partial charge in [-0.1, -0.05) is 0 Å². The molecular weight excluding hydrogens is 224 g/mol. The Bertz CT molecular complexity index is 729. The highest BCUT2D eigenvalue weighted by molar-refractivity contribution is 5.87. The van der Waals surface area contributed by atoms with Gasteiger partial charge in [-0.25, -0.2) is 0 Å². The summed E-state index contributed by atoms with van der Waals surface area (Å²) in [6.45, 7) is 3.00. The van der Waals surface area contributed by atoms with Crippen molar-refractivity contribution in [1.29, 1.82) is 5.26 Å². The molecule has 0 unspecified atom stereocenters. The van der Waals surface area contributed by atoms with E-state index in [1.807, 2.05) is 30.6 Å². The monoisotopic (exact) mass is 236 g/mol. The molecule has 1 N–H and O–H groups in total. The average Bonchev–Trinajstić information content (AvgIpc) is 3.04. The van der Waals surface area contributed by atoms with E-state index in [1.54, 1.807) is 0 Å². The zero-order valence-electron chi connectivity index (χ0n) is 10.0. The zero-order chi connectivity index (χ0) is 12.5. The number of H-pyrrole nitrogens is 1. The molecule has 3 aromatic rings. The minimum absolute atomic E-state index is 0.689. The molecule has 0 spiro atoms. The summed E-state index contributed by atoms with van der Waals surface area (Å²) < 4.78 is 2.22. The Kier molecular flexibility index (Phi) is 2.38. The molecule has 4 nitrogen and oxygen atoms in total. The van der Waals surface area contributed by atoms with Crippen molar-refractivity contribution in [3.63, 3.8) is 0 Å². The summed E-state index contributed by atoms with van der Waals surface area (Å²) in [5.74, 6) is 0. The fourth-order valence-electron chi connectivity index (χ4n) is 2.31. The minimum Gasteiger partial charge on any atom is -0.341 e. The van der Waals surface area contributed by atoms with E-state index >= 15 is 0 Å². The van der Waals surface area contributed by atoms with Crippen molar-refractivity contribution >= 4 is 10.9 Å². The van der Waals surface area contributed by atoms with E-state index in [-0.39, 0.29) is 0 Å². The minimum atomic E-state index is 0.689. The van der Waals surface area contributed by atoms with Gasteiger partial charge in [-0.05, 0) is 31.2 Å². The van der Waals surface area contributed by atoms with Crippen LogP contribution >= 0.6 is 0 Å². The van der Waals surface area contributed by atoms with Gasteiger partial charge in [-0.3, -0.25) is 5.10 Å². The van der Waals surface area contributed by atoms with Gasteiger partial charge in [0, 0.05) is 29.2 Å². The maximum atomic E-state index is 8.94. The van der Waals surface area contributed by atoms with E-state index in [1.165, 1.54) is 0 Å². The van der Waals surface area contributed by atoms with Crippen LogP contribution in [0.2, 0.25) is 0 Å². The Morgan fingerprint density at radius 1 is 1.39 bits per heavy atom. The number of hydrogen-bond donors (Lipinski definition) is 1. The van der Waals surface area contributed by atoms with E-state index in [9.17, 15) is 0 Å². The lowest BCUT2D eigenvalue weighted by Crippen LogP contribution is -1.95. The normalized spacial score (nSPS) is 10.7. The average molecular weight is 236 g/mol. The maximum Gasteiger partial charge on any atom is 0.0991 e. The first kappa shape index (κ1) is 10.6. The molecule has 0 aliphatic carbocycles. The van der Waals surface area contributed by atoms with Crippen LogP contribution in [0.1, 0.15) is 12.5 Å². The quantitative estimate of drug-likeness (QED) is 0.743. The van der Waals surface area contributed by atoms with E-state index in [0.29, 0.717) is 5.56 Å². The Hall–Kier alpha value is -2.54. The Balaban J connectivity index is 2.30. The Morgan fingerprint density at radius 3 is 2.94 bits per heavy atom. The van der Waals surface area contributed by atoms with Gasteiger partial charge in [0.05, 0.1) is 23.5 Å². The van der Waals surface area contributed by atoms with Crippen molar-refractivity contribution in [2.24, 2.45) is 0 Å². The second-order valence-electron chi connectivity index (χ2n) is 4.15. The van der Waals surface area contributed by atoms with Crippen molar-refractivity contribution in [3.05, 3.63) is 42.2 Å². The summed E-state index contributed by atoms with van der Waals surface area (Å²) in [4.78, 5) is 0. The lowest BCUT2D eigenvalue weighted by molar-refractivity contribution is 0.805. The van der Waals surface area contributed by atoms with Gasteiger partial charge in [0.1, 0.15) is 0 Å². The second kappa shape index (κ2) is 4.04. The molecule has 2 aromatic heterocycles. The largest absolute Gasteiger partial charge is 0.341 e. The number of aromatic nitrogens is 3. The molecule has 0 radical (unpaired) electrons. The first-order valence-electron chi connectivity index (χ1n) is 5.86. The summed E-state index contributed by atoms with van der Waals surface area (Å²) >= 11 is 0. The van der Waals surface area contributed by atoms with Crippen molar-refractivity contribution in [2.75, 3.05) is 0 Å². The lowest BCUT2D eigenvalue weighted by atomic mass is 10.1. The molecule has 0 saturated heterocycles. The highest BCUT2D eigenvalue weighted by Crippen LogP contribution is 2.28. The maximum absolute atomic E-state index is 8.94. The van der Waals surface area contributed by atoms with Gasteiger partial charge >= 0.3 is 0 Å². The van der Waals surface area contributed by atoms with Crippen LogP contribution in [0.4, 0.5) is 0 Å². The topological polar surface area (TPSA) is 57.4 Å². The Labute approximate surface area is 104 Å². The van der Waals surface area contributed by atoms with Crippen LogP contribution in [-0.4, -0.2) is 14.8 Å². The molecule has 18 heavy (non-hydrogen) atoms. The summed E-state index contributed by atoms with van der Waals surface area (Å²) in [5, 5.41) is 16.9. The Morgan fingerprint density at radius 2 is 2.28 bits per heavy atom. The standard InChI is InChI=1S/C14H12N4/c1-2-18-13-4-3-10(7-15)5-11(13)6-14(18)12-8-16-17-9-12/h3-6,8-9H,2H2,1H3,(H,16,17). The first-order chi connectivity index (χ1) is 8.83. The molecule has 0 amide bonds. The summed E-state index contributed by atoms with van der Waals surface area (Å²) in [6, 6.07) is 10.1. The number of benzene rings is 1. The number of rotatable bonds is 2. The van der Waals surface area contributed by atoms with Crippen LogP contribution in [0, 0.1) is 11.3 Å². The molecule has 88 valence electrons. The van der Waals surface area contributed by atoms with Crippen LogP contribution in [0.25, 0.3) is 22.2 Å². The van der Waals surface area contributed by atoms with Crippen LogP contribution in [0.15, 0.2) is 36.7 Å². The van der Waals surface area contributed by atoms with E-state index in [0.717, 1.165) is 28.7 Å². The predicted molar refractivity (Wildman–Crippen MR) is 69.9 cm³/mol. The fraction of sp³-hybridized carbons (Fsp3) is 0.143. The number of hydrogen-bond acceptors (Lipinski definition) is 2. The van der Waals surface area contributed by atoms with Crippen molar-refractivity contribution in [2.45, 2.75) is 13.5 Å². The lowest BCUT2D eigenvalue weighted by Gasteiger charge is -2.05. The number of nitrogens with zero attached hydrogens (tertiary/aromatic N) is 3.